The number of likely N-dealkylation sites (tertiary alicyclic amines) is 1. The molecular formula is C19H27ClN2O2. The first-order valence-electron chi connectivity index (χ1n) is 8.85. The van der Waals surface area contributed by atoms with E-state index in [9.17, 15) is 9.90 Å². The van der Waals surface area contributed by atoms with E-state index in [0.717, 1.165) is 38.0 Å². The van der Waals surface area contributed by atoms with Gasteiger partial charge in [-0.2, -0.15) is 0 Å². The molecule has 1 aromatic rings. The number of nitrogens with zero attached hydrogens (tertiary/aromatic N) is 2. The Kier molecular flexibility index (Phi) is 5.19. The van der Waals surface area contributed by atoms with Crippen LogP contribution in [0, 0.1) is 11.8 Å². The third-order valence-electron chi connectivity index (χ3n) is 5.74. The molecule has 1 saturated heterocycles. The first-order chi connectivity index (χ1) is 11.5. The predicted octanol–water partition coefficient (Wildman–Crippen LogP) is 2.39. The van der Waals surface area contributed by atoms with E-state index in [-0.39, 0.29) is 23.8 Å². The van der Waals surface area contributed by atoms with E-state index < -0.39 is 0 Å². The number of benzene rings is 1. The van der Waals surface area contributed by atoms with Crippen molar-refractivity contribution in [2.75, 3.05) is 39.8 Å². The van der Waals surface area contributed by atoms with Gasteiger partial charge in [-0.05, 0) is 50.0 Å². The van der Waals surface area contributed by atoms with Crippen LogP contribution in [0.25, 0.3) is 0 Å². The molecule has 1 aromatic carbocycles. The number of carbonyl (C=O) groups excluding carboxylic acids is 1. The summed E-state index contributed by atoms with van der Waals surface area (Å²) >= 11 is 5.98. The average molecular weight is 351 g/mol. The number of halogens is 1. The van der Waals surface area contributed by atoms with Crippen molar-refractivity contribution in [1.29, 1.82) is 0 Å². The molecule has 1 aliphatic carbocycles. The molecule has 2 fully saturated rings. The molecule has 0 unspecified atom stereocenters. The molecule has 0 aromatic heterocycles. The Balaban J connectivity index is 1.72. The quantitative estimate of drug-likeness (QED) is 0.856. The highest BCUT2D eigenvalue weighted by atomic mass is 35.5. The van der Waals surface area contributed by atoms with Crippen molar-refractivity contribution in [1.82, 2.24) is 9.80 Å². The van der Waals surface area contributed by atoms with E-state index in [1.807, 2.05) is 29.2 Å². The lowest BCUT2D eigenvalue weighted by Gasteiger charge is -2.24. The van der Waals surface area contributed by atoms with Gasteiger partial charge in [0.1, 0.15) is 0 Å². The Labute approximate surface area is 149 Å². The number of aliphatic hydroxyl groups excluding tert-OH is 1. The van der Waals surface area contributed by atoms with Gasteiger partial charge in [0.05, 0.1) is 5.41 Å². The van der Waals surface area contributed by atoms with E-state index in [1.54, 1.807) is 0 Å². The van der Waals surface area contributed by atoms with E-state index in [1.165, 1.54) is 0 Å². The molecule has 0 spiro atoms. The highest BCUT2D eigenvalue weighted by molar-refractivity contribution is 6.30. The third-order valence-corrected chi connectivity index (χ3v) is 5.99. The fraction of sp³-hybridized carbons (Fsp3) is 0.632. The van der Waals surface area contributed by atoms with Crippen molar-refractivity contribution in [2.24, 2.45) is 11.8 Å². The lowest BCUT2D eigenvalue weighted by molar-refractivity contribution is -0.133. The largest absolute Gasteiger partial charge is 0.396 e. The molecule has 1 N–H and O–H groups in total. The van der Waals surface area contributed by atoms with Crippen molar-refractivity contribution in [3.05, 3.63) is 34.9 Å². The smallest absolute Gasteiger partial charge is 0.233 e. The molecule has 0 bridgehead atoms. The van der Waals surface area contributed by atoms with Crippen LogP contribution < -0.4 is 0 Å². The standard InChI is InChI=1S/C19H27ClN2O2/c1-3-21(2)10-14-11-22(12-15(14)13-23)18(24)19(8-9-19)16-4-6-17(20)7-5-16/h4-7,14-15,23H,3,8-13H2,1-2H3/t14-,15-/m1/s1. The highest BCUT2D eigenvalue weighted by Crippen LogP contribution is 2.50. The van der Waals surface area contributed by atoms with Crippen LogP contribution >= 0.6 is 11.6 Å². The Hall–Kier alpha value is -1.10. The highest BCUT2D eigenvalue weighted by Gasteiger charge is 2.54. The summed E-state index contributed by atoms with van der Waals surface area (Å²) in [6.07, 6.45) is 1.82. The summed E-state index contributed by atoms with van der Waals surface area (Å²) in [5.74, 6) is 0.763. The minimum atomic E-state index is -0.351. The molecule has 132 valence electrons. The van der Waals surface area contributed by atoms with Crippen LogP contribution in [-0.4, -0.2) is 60.6 Å². The van der Waals surface area contributed by atoms with Gasteiger partial charge >= 0.3 is 0 Å². The SMILES string of the molecule is CCN(C)C[C@@H]1CN(C(=O)C2(c3ccc(Cl)cc3)CC2)C[C@@H]1CO. The summed E-state index contributed by atoms with van der Waals surface area (Å²) in [5, 5.41) is 10.4. The fourth-order valence-corrected chi connectivity index (χ4v) is 4.00. The summed E-state index contributed by atoms with van der Waals surface area (Å²) in [4.78, 5) is 17.4. The number of hydrogen-bond donors (Lipinski definition) is 1. The summed E-state index contributed by atoms with van der Waals surface area (Å²) in [5.41, 5.74) is 0.724. The second-order valence-corrected chi connectivity index (χ2v) is 7.79. The van der Waals surface area contributed by atoms with Crippen LogP contribution in [0.2, 0.25) is 5.02 Å². The summed E-state index contributed by atoms with van der Waals surface area (Å²) < 4.78 is 0. The minimum absolute atomic E-state index is 0.153. The van der Waals surface area contributed by atoms with Crippen molar-refractivity contribution in [3.8, 4) is 0 Å². The van der Waals surface area contributed by atoms with E-state index >= 15 is 0 Å². The Morgan fingerprint density at radius 2 is 1.92 bits per heavy atom. The predicted molar refractivity (Wildman–Crippen MR) is 96.2 cm³/mol. The van der Waals surface area contributed by atoms with Crippen molar-refractivity contribution in [2.45, 2.75) is 25.2 Å². The van der Waals surface area contributed by atoms with Crippen LogP contribution in [0.5, 0.6) is 0 Å². The van der Waals surface area contributed by atoms with Gasteiger partial charge in [-0.15, -0.1) is 0 Å². The zero-order chi connectivity index (χ0) is 17.3. The van der Waals surface area contributed by atoms with E-state index in [4.69, 9.17) is 11.6 Å². The molecule has 24 heavy (non-hydrogen) atoms. The zero-order valence-corrected chi connectivity index (χ0v) is 15.3. The van der Waals surface area contributed by atoms with Gasteiger partial charge in [-0.3, -0.25) is 4.79 Å². The van der Waals surface area contributed by atoms with Crippen LogP contribution in [0.15, 0.2) is 24.3 Å². The zero-order valence-electron chi connectivity index (χ0n) is 14.5. The lowest BCUT2D eigenvalue weighted by atomic mass is 9.94. The van der Waals surface area contributed by atoms with Gasteiger partial charge < -0.3 is 14.9 Å². The maximum atomic E-state index is 13.2. The van der Waals surface area contributed by atoms with Crippen molar-refractivity contribution >= 4 is 17.5 Å². The summed E-state index contributed by atoms with van der Waals surface area (Å²) in [7, 11) is 2.09. The molecule has 1 heterocycles. The van der Waals surface area contributed by atoms with E-state index in [2.05, 4.69) is 18.9 Å². The molecule has 1 saturated carbocycles. The van der Waals surface area contributed by atoms with Crippen LogP contribution in [0.3, 0.4) is 0 Å². The number of aliphatic hydroxyl groups is 1. The first-order valence-corrected chi connectivity index (χ1v) is 9.22. The first kappa shape index (κ1) is 17.7. The maximum Gasteiger partial charge on any atom is 0.233 e. The van der Waals surface area contributed by atoms with E-state index in [0.29, 0.717) is 17.5 Å². The number of carbonyl (C=O) groups is 1. The topological polar surface area (TPSA) is 43.8 Å². The van der Waals surface area contributed by atoms with Gasteiger partial charge in [0, 0.05) is 37.2 Å². The monoisotopic (exact) mass is 350 g/mol. The van der Waals surface area contributed by atoms with Crippen LogP contribution in [0.4, 0.5) is 0 Å². The second kappa shape index (κ2) is 7.03. The van der Waals surface area contributed by atoms with Gasteiger partial charge in [0.2, 0.25) is 5.91 Å². The van der Waals surface area contributed by atoms with Gasteiger partial charge in [0.25, 0.3) is 0 Å². The molecule has 3 rings (SSSR count). The Morgan fingerprint density at radius 3 is 2.46 bits per heavy atom. The third kappa shape index (κ3) is 3.32. The minimum Gasteiger partial charge on any atom is -0.396 e. The normalized spacial score (nSPS) is 25.3. The molecule has 2 atom stereocenters. The van der Waals surface area contributed by atoms with Crippen LogP contribution in [-0.2, 0) is 10.2 Å². The number of rotatable bonds is 6. The average Bonchev–Trinajstić information content (AvgIpc) is 3.30. The summed E-state index contributed by atoms with van der Waals surface area (Å²) in [6, 6.07) is 7.69. The Bertz CT molecular complexity index is 586. The molecular weight excluding hydrogens is 324 g/mol. The molecule has 1 amide bonds. The fourth-order valence-electron chi connectivity index (χ4n) is 3.87. The molecule has 4 nitrogen and oxygen atoms in total. The van der Waals surface area contributed by atoms with Gasteiger partial charge in [0.15, 0.2) is 0 Å². The van der Waals surface area contributed by atoms with Crippen molar-refractivity contribution < 1.29 is 9.90 Å². The van der Waals surface area contributed by atoms with Crippen molar-refractivity contribution in [3.63, 3.8) is 0 Å². The van der Waals surface area contributed by atoms with Gasteiger partial charge in [-0.25, -0.2) is 0 Å². The molecule has 5 heteroatoms. The second-order valence-electron chi connectivity index (χ2n) is 7.36. The number of amides is 1. The summed E-state index contributed by atoms with van der Waals surface area (Å²) in [6.45, 7) is 5.62. The Morgan fingerprint density at radius 1 is 1.29 bits per heavy atom. The van der Waals surface area contributed by atoms with Crippen LogP contribution in [0.1, 0.15) is 25.3 Å². The van der Waals surface area contributed by atoms with Gasteiger partial charge in [-0.1, -0.05) is 30.7 Å². The number of hydrogen-bond acceptors (Lipinski definition) is 3. The molecule has 0 radical (unpaired) electrons. The maximum absolute atomic E-state index is 13.2. The molecule has 1 aliphatic heterocycles. The lowest BCUT2D eigenvalue weighted by Crippen LogP contribution is -2.38. The molecule has 2 aliphatic rings.